The lowest BCUT2D eigenvalue weighted by Gasteiger charge is -2.36. The Bertz CT molecular complexity index is 969. The van der Waals surface area contributed by atoms with Crippen LogP contribution in [-0.2, 0) is 4.79 Å². The first-order valence-corrected chi connectivity index (χ1v) is 10.2. The number of pyridine rings is 1. The van der Waals surface area contributed by atoms with Crippen LogP contribution in [0.15, 0.2) is 65.1 Å². The third-order valence-corrected chi connectivity index (χ3v) is 5.50. The fourth-order valence-corrected chi connectivity index (χ4v) is 3.68. The van der Waals surface area contributed by atoms with E-state index in [1.807, 2.05) is 54.3 Å². The summed E-state index contributed by atoms with van der Waals surface area (Å²) < 4.78 is 6.79. The van der Waals surface area contributed by atoms with Gasteiger partial charge in [0.25, 0.3) is 5.91 Å². The second kappa shape index (κ2) is 8.19. The zero-order chi connectivity index (χ0) is 19.5. The van der Waals surface area contributed by atoms with Crippen LogP contribution in [0, 0.1) is 0 Å². The van der Waals surface area contributed by atoms with Gasteiger partial charge >= 0.3 is 0 Å². The first kappa shape index (κ1) is 18.7. The zero-order valence-corrected chi connectivity index (χ0v) is 17.3. The Kier molecular flexibility index (Phi) is 5.48. The van der Waals surface area contributed by atoms with E-state index in [2.05, 4.69) is 39.0 Å². The first-order chi connectivity index (χ1) is 13.6. The van der Waals surface area contributed by atoms with Crippen molar-refractivity contribution in [1.82, 2.24) is 9.88 Å². The molecule has 1 aliphatic heterocycles. The van der Waals surface area contributed by atoms with Crippen molar-refractivity contribution in [3.8, 4) is 5.75 Å². The van der Waals surface area contributed by atoms with Gasteiger partial charge in [-0.15, -0.1) is 0 Å². The summed E-state index contributed by atoms with van der Waals surface area (Å²) in [6.07, 6.45) is -0.508. The Labute approximate surface area is 173 Å². The molecule has 0 aliphatic carbocycles. The van der Waals surface area contributed by atoms with Gasteiger partial charge in [-0.1, -0.05) is 34.1 Å². The summed E-state index contributed by atoms with van der Waals surface area (Å²) in [5, 5.41) is 1.14. The fourth-order valence-electron chi connectivity index (χ4n) is 3.41. The largest absolute Gasteiger partial charge is 0.481 e. The molecular weight excluding hydrogens is 418 g/mol. The van der Waals surface area contributed by atoms with Crippen LogP contribution in [0.1, 0.15) is 6.92 Å². The number of piperazine rings is 1. The number of carbonyl (C=O) groups is 1. The molecule has 4 rings (SSSR count). The van der Waals surface area contributed by atoms with Crippen molar-refractivity contribution >= 4 is 38.6 Å². The summed E-state index contributed by atoms with van der Waals surface area (Å²) in [5.74, 6) is 1.68. The number of rotatable bonds is 4. The summed E-state index contributed by atoms with van der Waals surface area (Å²) in [5.41, 5.74) is 0.995. The second-order valence-corrected chi connectivity index (χ2v) is 7.80. The summed E-state index contributed by atoms with van der Waals surface area (Å²) in [7, 11) is 0. The summed E-state index contributed by atoms with van der Waals surface area (Å²) in [4.78, 5) is 21.6. The van der Waals surface area contributed by atoms with Crippen molar-refractivity contribution in [3.05, 3.63) is 65.1 Å². The van der Waals surface area contributed by atoms with Gasteiger partial charge in [0.05, 0.1) is 5.52 Å². The van der Waals surface area contributed by atoms with Gasteiger partial charge in [-0.2, -0.15) is 0 Å². The van der Waals surface area contributed by atoms with Crippen LogP contribution in [0.2, 0.25) is 0 Å². The Morgan fingerprint density at radius 2 is 1.71 bits per heavy atom. The van der Waals surface area contributed by atoms with Gasteiger partial charge in [0, 0.05) is 36.0 Å². The predicted molar refractivity (Wildman–Crippen MR) is 115 cm³/mol. The lowest BCUT2D eigenvalue weighted by molar-refractivity contribution is -0.138. The smallest absolute Gasteiger partial charge is 0.263 e. The second-order valence-electron chi connectivity index (χ2n) is 6.89. The van der Waals surface area contributed by atoms with E-state index >= 15 is 0 Å². The van der Waals surface area contributed by atoms with Gasteiger partial charge in [0.2, 0.25) is 0 Å². The van der Waals surface area contributed by atoms with E-state index in [-0.39, 0.29) is 5.91 Å². The number of fused-ring (bicyclic) bond motifs is 1. The number of aromatic nitrogens is 1. The Balaban J connectivity index is 1.36. The fraction of sp³-hybridized carbons (Fsp3) is 0.273. The average Bonchev–Trinajstić information content (AvgIpc) is 2.74. The summed E-state index contributed by atoms with van der Waals surface area (Å²) in [6.45, 7) is 4.68. The van der Waals surface area contributed by atoms with Gasteiger partial charge in [0.1, 0.15) is 11.6 Å². The van der Waals surface area contributed by atoms with Crippen LogP contribution in [0.4, 0.5) is 5.82 Å². The number of anilines is 1. The molecule has 2 aromatic carbocycles. The van der Waals surface area contributed by atoms with E-state index in [1.165, 1.54) is 0 Å². The van der Waals surface area contributed by atoms with Crippen LogP contribution < -0.4 is 9.64 Å². The van der Waals surface area contributed by atoms with Gasteiger partial charge in [-0.25, -0.2) is 4.98 Å². The molecule has 1 saturated heterocycles. The third-order valence-electron chi connectivity index (χ3n) is 4.97. The Hall–Kier alpha value is -2.60. The number of hydrogen-bond donors (Lipinski definition) is 0. The van der Waals surface area contributed by atoms with E-state index in [0.717, 1.165) is 34.3 Å². The topological polar surface area (TPSA) is 45.7 Å². The number of benzene rings is 2. The highest BCUT2D eigenvalue weighted by atomic mass is 79.9. The SMILES string of the molecule is CC(Oc1ccc(Br)cc1)C(=O)N1CCN(c2ccc3ccccc3n2)CC1. The van der Waals surface area contributed by atoms with Gasteiger partial charge < -0.3 is 14.5 Å². The highest BCUT2D eigenvalue weighted by Crippen LogP contribution is 2.21. The van der Waals surface area contributed by atoms with Crippen molar-refractivity contribution in [2.75, 3.05) is 31.1 Å². The van der Waals surface area contributed by atoms with Crippen molar-refractivity contribution < 1.29 is 9.53 Å². The molecule has 1 unspecified atom stereocenters. The maximum atomic E-state index is 12.7. The molecule has 5 nitrogen and oxygen atoms in total. The molecule has 6 heteroatoms. The van der Waals surface area contributed by atoms with Crippen LogP contribution in [0.5, 0.6) is 5.75 Å². The average molecular weight is 440 g/mol. The monoisotopic (exact) mass is 439 g/mol. The van der Waals surface area contributed by atoms with E-state index in [0.29, 0.717) is 18.8 Å². The number of amides is 1. The van der Waals surface area contributed by atoms with Crippen molar-refractivity contribution in [1.29, 1.82) is 0 Å². The van der Waals surface area contributed by atoms with Crippen LogP contribution >= 0.6 is 15.9 Å². The summed E-state index contributed by atoms with van der Waals surface area (Å²) >= 11 is 3.40. The lowest BCUT2D eigenvalue weighted by Crippen LogP contribution is -2.52. The molecule has 3 aromatic rings. The minimum Gasteiger partial charge on any atom is -0.481 e. The highest BCUT2D eigenvalue weighted by Gasteiger charge is 2.26. The normalized spacial score (nSPS) is 15.5. The number of para-hydroxylation sites is 1. The highest BCUT2D eigenvalue weighted by molar-refractivity contribution is 9.10. The van der Waals surface area contributed by atoms with Crippen molar-refractivity contribution in [3.63, 3.8) is 0 Å². The van der Waals surface area contributed by atoms with E-state index in [1.54, 1.807) is 0 Å². The Morgan fingerprint density at radius 3 is 2.46 bits per heavy atom. The number of ether oxygens (including phenoxy) is 1. The predicted octanol–water partition coefficient (Wildman–Crippen LogP) is 4.11. The molecular formula is C22H22BrN3O2. The standard InChI is InChI=1S/C22H22BrN3O2/c1-16(28-19-9-7-18(23)8-10-19)22(27)26-14-12-25(13-15-26)21-11-6-17-4-2-3-5-20(17)24-21/h2-11,16H,12-15H2,1H3. The number of carbonyl (C=O) groups excluding carboxylic acids is 1. The molecule has 1 amide bonds. The lowest BCUT2D eigenvalue weighted by atomic mass is 10.2. The molecule has 1 fully saturated rings. The number of nitrogens with zero attached hydrogens (tertiary/aromatic N) is 3. The van der Waals surface area contributed by atoms with Gasteiger partial charge in [-0.3, -0.25) is 4.79 Å². The third kappa shape index (κ3) is 4.12. The van der Waals surface area contributed by atoms with E-state index in [4.69, 9.17) is 9.72 Å². The molecule has 0 bridgehead atoms. The molecule has 0 spiro atoms. The Morgan fingerprint density at radius 1 is 1.00 bits per heavy atom. The minimum atomic E-state index is -0.508. The molecule has 1 atom stereocenters. The number of hydrogen-bond acceptors (Lipinski definition) is 4. The molecule has 0 radical (unpaired) electrons. The number of halogens is 1. The first-order valence-electron chi connectivity index (χ1n) is 9.42. The maximum absolute atomic E-state index is 12.7. The maximum Gasteiger partial charge on any atom is 0.263 e. The van der Waals surface area contributed by atoms with Crippen molar-refractivity contribution in [2.45, 2.75) is 13.0 Å². The summed E-state index contributed by atoms with van der Waals surface area (Å²) in [6, 6.07) is 19.8. The molecule has 2 heterocycles. The molecule has 1 aliphatic rings. The molecule has 1 aromatic heterocycles. The van der Waals surface area contributed by atoms with Gasteiger partial charge in [-0.05, 0) is 49.4 Å². The van der Waals surface area contributed by atoms with Crippen molar-refractivity contribution in [2.24, 2.45) is 0 Å². The van der Waals surface area contributed by atoms with E-state index < -0.39 is 6.10 Å². The van der Waals surface area contributed by atoms with E-state index in [9.17, 15) is 4.79 Å². The molecule has 0 saturated carbocycles. The van der Waals surface area contributed by atoms with Crippen LogP contribution in [-0.4, -0.2) is 48.1 Å². The van der Waals surface area contributed by atoms with Crippen LogP contribution in [0.3, 0.4) is 0 Å². The van der Waals surface area contributed by atoms with Gasteiger partial charge in [0.15, 0.2) is 6.10 Å². The molecule has 144 valence electrons. The zero-order valence-electron chi connectivity index (χ0n) is 15.7. The molecule has 0 N–H and O–H groups in total. The molecule has 28 heavy (non-hydrogen) atoms. The quantitative estimate of drug-likeness (QED) is 0.613. The van der Waals surface area contributed by atoms with Crippen LogP contribution in [0.25, 0.3) is 10.9 Å². The minimum absolute atomic E-state index is 0.0223.